The molecule has 1 heterocycles. The molecular weight excluding hydrogens is 298 g/mol. The van der Waals surface area contributed by atoms with Crippen molar-refractivity contribution in [2.24, 2.45) is 11.8 Å². The van der Waals surface area contributed by atoms with Crippen molar-refractivity contribution in [1.29, 1.82) is 0 Å². The van der Waals surface area contributed by atoms with Gasteiger partial charge in [-0.15, -0.1) is 0 Å². The number of benzene rings is 1. The molecule has 2 rings (SSSR count). The molecule has 1 N–H and O–H groups in total. The van der Waals surface area contributed by atoms with Crippen LogP contribution in [-0.2, 0) is 12.8 Å². The number of thiophene rings is 1. The van der Waals surface area contributed by atoms with Crippen molar-refractivity contribution >= 4 is 22.9 Å². The van der Waals surface area contributed by atoms with Crippen molar-refractivity contribution in [2.45, 2.75) is 26.7 Å². The average molecular weight is 322 g/mol. The quantitative estimate of drug-likeness (QED) is 0.717. The molecule has 0 spiro atoms. The normalized spacial score (nSPS) is 12.8. The van der Waals surface area contributed by atoms with Crippen LogP contribution in [-0.4, -0.2) is 13.1 Å². The Bertz CT molecular complexity index is 522. The van der Waals surface area contributed by atoms with E-state index < -0.39 is 0 Å². The van der Waals surface area contributed by atoms with Gasteiger partial charge in [0.1, 0.15) is 0 Å². The summed E-state index contributed by atoms with van der Waals surface area (Å²) >= 11 is 7.88. The van der Waals surface area contributed by atoms with Gasteiger partial charge < -0.3 is 5.32 Å². The van der Waals surface area contributed by atoms with Gasteiger partial charge in [-0.25, -0.2) is 0 Å². The number of nitrogens with one attached hydrogen (secondary N) is 1. The van der Waals surface area contributed by atoms with Gasteiger partial charge in [0.05, 0.1) is 0 Å². The van der Waals surface area contributed by atoms with Crippen LogP contribution >= 0.6 is 22.9 Å². The smallest absolute Gasteiger partial charge is 0.0408 e. The summed E-state index contributed by atoms with van der Waals surface area (Å²) in [6, 6.07) is 10.5. The van der Waals surface area contributed by atoms with Gasteiger partial charge in [-0.1, -0.05) is 37.6 Å². The first-order chi connectivity index (χ1) is 10.1. The van der Waals surface area contributed by atoms with Gasteiger partial charge in [0.15, 0.2) is 0 Å². The second kappa shape index (κ2) is 8.57. The number of rotatable bonds is 8. The third-order valence-electron chi connectivity index (χ3n) is 3.50. The summed E-state index contributed by atoms with van der Waals surface area (Å²) in [6.07, 6.45) is 2.20. The lowest BCUT2D eigenvalue weighted by atomic mass is 9.93. The highest BCUT2D eigenvalue weighted by Gasteiger charge is 2.12. The lowest BCUT2D eigenvalue weighted by Gasteiger charge is -2.18. The molecule has 1 unspecified atom stereocenters. The van der Waals surface area contributed by atoms with Gasteiger partial charge in [-0.05, 0) is 77.9 Å². The summed E-state index contributed by atoms with van der Waals surface area (Å²) in [7, 11) is 0. The third kappa shape index (κ3) is 6.21. The fourth-order valence-electron chi connectivity index (χ4n) is 2.53. The Labute approximate surface area is 137 Å². The lowest BCUT2D eigenvalue weighted by molar-refractivity contribution is 0.445. The Balaban J connectivity index is 1.96. The lowest BCUT2D eigenvalue weighted by Crippen LogP contribution is -2.28. The maximum absolute atomic E-state index is 6.10. The number of hydrogen-bond acceptors (Lipinski definition) is 2. The van der Waals surface area contributed by atoms with E-state index in [9.17, 15) is 0 Å². The van der Waals surface area contributed by atoms with Gasteiger partial charge in [-0.3, -0.25) is 0 Å². The van der Waals surface area contributed by atoms with Crippen molar-refractivity contribution in [3.8, 4) is 0 Å². The number of halogens is 1. The molecule has 2 aromatic rings. The van der Waals surface area contributed by atoms with E-state index in [-0.39, 0.29) is 0 Å². The molecule has 1 atom stereocenters. The minimum atomic E-state index is 0.608. The summed E-state index contributed by atoms with van der Waals surface area (Å²) in [5, 5.41) is 8.85. The molecule has 0 radical (unpaired) electrons. The second-order valence-corrected chi connectivity index (χ2v) is 7.30. The summed E-state index contributed by atoms with van der Waals surface area (Å²) in [4.78, 5) is 0. The molecule has 0 fully saturated rings. The molecule has 0 aliphatic carbocycles. The van der Waals surface area contributed by atoms with E-state index in [1.807, 2.05) is 12.1 Å². The predicted octanol–water partition coefficient (Wildman–Crippen LogP) is 5.05. The van der Waals surface area contributed by atoms with Crippen LogP contribution in [0, 0.1) is 11.8 Å². The fourth-order valence-corrected chi connectivity index (χ4v) is 3.43. The highest BCUT2D eigenvalue weighted by molar-refractivity contribution is 7.07. The van der Waals surface area contributed by atoms with Crippen LogP contribution in [0.25, 0.3) is 0 Å². The maximum Gasteiger partial charge on any atom is 0.0408 e. The fraction of sp³-hybridized carbons (Fsp3) is 0.444. The SMILES string of the molecule is CC(C)CNCC(Cc1ccsc1)Cc1cccc(Cl)c1. The standard InChI is InChI=1S/C18H24ClNS/c1-14(2)11-20-12-17(9-16-6-7-21-13-16)8-15-4-3-5-18(19)10-15/h3-7,10,13-14,17,20H,8-9,11-12H2,1-2H3. The Morgan fingerprint density at radius 3 is 2.57 bits per heavy atom. The van der Waals surface area contributed by atoms with Gasteiger partial charge >= 0.3 is 0 Å². The second-order valence-electron chi connectivity index (χ2n) is 6.09. The Morgan fingerprint density at radius 1 is 1.10 bits per heavy atom. The zero-order chi connectivity index (χ0) is 15.1. The highest BCUT2D eigenvalue weighted by atomic mass is 35.5. The van der Waals surface area contributed by atoms with Gasteiger partial charge in [-0.2, -0.15) is 11.3 Å². The zero-order valence-electron chi connectivity index (χ0n) is 12.8. The minimum Gasteiger partial charge on any atom is -0.316 e. The van der Waals surface area contributed by atoms with Crippen LogP contribution in [0.3, 0.4) is 0 Å². The van der Waals surface area contributed by atoms with Crippen LogP contribution in [0.15, 0.2) is 41.1 Å². The molecule has 0 aliphatic heterocycles. The van der Waals surface area contributed by atoms with Crippen LogP contribution in [0.4, 0.5) is 0 Å². The largest absolute Gasteiger partial charge is 0.316 e. The molecule has 1 aromatic carbocycles. The van der Waals surface area contributed by atoms with Crippen molar-refractivity contribution in [3.05, 3.63) is 57.2 Å². The third-order valence-corrected chi connectivity index (χ3v) is 4.47. The molecular formula is C18H24ClNS. The van der Waals surface area contributed by atoms with E-state index in [1.165, 1.54) is 11.1 Å². The van der Waals surface area contributed by atoms with Crippen LogP contribution in [0.5, 0.6) is 0 Å². The van der Waals surface area contributed by atoms with Crippen LogP contribution in [0.2, 0.25) is 5.02 Å². The molecule has 0 aliphatic rings. The van der Waals surface area contributed by atoms with Crippen LogP contribution < -0.4 is 5.32 Å². The molecule has 1 nitrogen and oxygen atoms in total. The molecule has 0 bridgehead atoms. The highest BCUT2D eigenvalue weighted by Crippen LogP contribution is 2.19. The van der Waals surface area contributed by atoms with Gasteiger partial charge in [0.25, 0.3) is 0 Å². The Hall–Kier alpha value is -0.830. The molecule has 0 saturated carbocycles. The molecule has 1 aromatic heterocycles. The predicted molar refractivity (Wildman–Crippen MR) is 94.4 cm³/mol. The van der Waals surface area contributed by atoms with Gasteiger partial charge in [0, 0.05) is 5.02 Å². The summed E-state index contributed by atoms with van der Waals surface area (Å²) in [6.45, 7) is 6.63. The van der Waals surface area contributed by atoms with Crippen LogP contribution in [0.1, 0.15) is 25.0 Å². The first kappa shape index (κ1) is 16.5. The van der Waals surface area contributed by atoms with E-state index in [0.29, 0.717) is 11.8 Å². The Kier molecular flexibility index (Phi) is 6.75. The van der Waals surface area contributed by atoms with E-state index in [2.05, 4.69) is 48.1 Å². The first-order valence-electron chi connectivity index (χ1n) is 7.59. The monoisotopic (exact) mass is 321 g/mol. The van der Waals surface area contributed by atoms with Crippen molar-refractivity contribution in [1.82, 2.24) is 5.32 Å². The van der Waals surface area contributed by atoms with E-state index in [4.69, 9.17) is 11.6 Å². The molecule has 0 amide bonds. The van der Waals surface area contributed by atoms with E-state index in [0.717, 1.165) is 31.0 Å². The van der Waals surface area contributed by atoms with Gasteiger partial charge in [0.2, 0.25) is 0 Å². The molecule has 114 valence electrons. The maximum atomic E-state index is 6.10. The topological polar surface area (TPSA) is 12.0 Å². The zero-order valence-corrected chi connectivity index (χ0v) is 14.4. The number of hydrogen-bond donors (Lipinski definition) is 1. The molecule has 21 heavy (non-hydrogen) atoms. The van der Waals surface area contributed by atoms with E-state index in [1.54, 1.807) is 11.3 Å². The molecule has 3 heteroatoms. The summed E-state index contributed by atoms with van der Waals surface area (Å²) in [5.41, 5.74) is 2.77. The molecule has 0 saturated heterocycles. The average Bonchev–Trinajstić information content (AvgIpc) is 2.91. The summed E-state index contributed by atoms with van der Waals surface area (Å²) < 4.78 is 0. The van der Waals surface area contributed by atoms with Crippen molar-refractivity contribution in [2.75, 3.05) is 13.1 Å². The Morgan fingerprint density at radius 2 is 1.90 bits per heavy atom. The van der Waals surface area contributed by atoms with Crippen molar-refractivity contribution < 1.29 is 0 Å². The minimum absolute atomic E-state index is 0.608. The van der Waals surface area contributed by atoms with Crippen molar-refractivity contribution in [3.63, 3.8) is 0 Å². The van der Waals surface area contributed by atoms with E-state index >= 15 is 0 Å². The summed E-state index contributed by atoms with van der Waals surface area (Å²) in [5.74, 6) is 1.30. The first-order valence-corrected chi connectivity index (χ1v) is 8.92.